The summed E-state index contributed by atoms with van der Waals surface area (Å²) in [6.45, 7) is 5.92. The molecule has 1 aliphatic heterocycles. The van der Waals surface area contributed by atoms with Crippen LogP contribution in [0.2, 0.25) is 0 Å². The SMILES string of the molecule is CC(=O)c1c(C)c2cnc(Nc3ccc(N4CCN(C(=O)/C=C/c5ccccc5)CC4)cn3)nc2n(C2CCCC2)c1=O. The maximum absolute atomic E-state index is 13.5. The minimum atomic E-state index is -0.273. The number of nitrogens with zero attached hydrogens (tertiary/aromatic N) is 6. The Kier molecular flexibility index (Phi) is 8.00. The van der Waals surface area contributed by atoms with Gasteiger partial charge in [-0.05, 0) is 56.0 Å². The van der Waals surface area contributed by atoms with Crippen LogP contribution in [0.5, 0.6) is 0 Å². The fraction of sp³-hybridized carbons (Fsp3) is 0.333. The predicted octanol–water partition coefficient (Wildman–Crippen LogP) is 4.92. The molecule has 1 saturated heterocycles. The van der Waals surface area contributed by atoms with Gasteiger partial charge in [0.15, 0.2) is 5.78 Å². The Hall–Kier alpha value is -4.86. The van der Waals surface area contributed by atoms with E-state index in [0.717, 1.165) is 36.9 Å². The van der Waals surface area contributed by atoms with Gasteiger partial charge in [0.25, 0.3) is 5.56 Å². The summed E-state index contributed by atoms with van der Waals surface area (Å²) in [6, 6.07) is 13.7. The molecule has 2 fully saturated rings. The van der Waals surface area contributed by atoms with Crippen molar-refractivity contribution in [3.8, 4) is 0 Å². The molecule has 6 rings (SSSR count). The fourth-order valence-electron chi connectivity index (χ4n) is 6.09. The molecule has 0 spiro atoms. The van der Waals surface area contributed by atoms with Crippen molar-refractivity contribution in [1.82, 2.24) is 24.4 Å². The van der Waals surface area contributed by atoms with E-state index in [9.17, 15) is 14.4 Å². The first-order chi connectivity index (χ1) is 20.9. The van der Waals surface area contributed by atoms with E-state index in [2.05, 4.69) is 20.2 Å². The summed E-state index contributed by atoms with van der Waals surface area (Å²) in [6.07, 6.45) is 10.8. The molecule has 1 aliphatic carbocycles. The van der Waals surface area contributed by atoms with Gasteiger partial charge < -0.3 is 15.1 Å². The molecule has 43 heavy (non-hydrogen) atoms. The molecular formula is C33H35N7O3. The average Bonchev–Trinajstić information content (AvgIpc) is 3.55. The van der Waals surface area contributed by atoms with Crippen molar-refractivity contribution in [2.75, 3.05) is 36.4 Å². The second-order valence-electron chi connectivity index (χ2n) is 11.2. The number of benzene rings is 1. The normalized spacial score (nSPS) is 15.9. The number of aromatic nitrogens is 4. The number of hydrogen-bond acceptors (Lipinski definition) is 8. The molecular weight excluding hydrogens is 542 g/mol. The van der Waals surface area contributed by atoms with Crippen LogP contribution in [0.1, 0.15) is 60.1 Å². The van der Waals surface area contributed by atoms with Gasteiger partial charge in [0, 0.05) is 49.9 Å². The van der Waals surface area contributed by atoms with Crippen molar-refractivity contribution in [3.63, 3.8) is 0 Å². The summed E-state index contributed by atoms with van der Waals surface area (Å²) in [5.74, 6) is 0.692. The number of carbonyl (C=O) groups excluding carboxylic acids is 2. The number of carbonyl (C=O) groups is 2. The van der Waals surface area contributed by atoms with E-state index in [-0.39, 0.29) is 28.9 Å². The van der Waals surface area contributed by atoms with E-state index in [4.69, 9.17) is 4.98 Å². The minimum Gasteiger partial charge on any atom is -0.367 e. The van der Waals surface area contributed by atoms with Crippen LogP contribution in [0.25, 0.3) is 17.1 Å². The highest BCUT2D eigenvalue weighted by Crippen LogP contribution is 2.32. The first-order valence-electron chi connectivity index (χ1n) is 14.8. The van der Waals surface area contributed by atoms with E-state index in [1.54, 1.807) is 30.0 Å². The topological polar surface area (TPSA) is 113 Å². The summed E-state index contributed by atoms with van der Waals surface area (Å²) in [4.78, 5) is 56.4. The quantitative estimate of drug-likeness (QED) is 0.243. The minimum absolute atomic E-state index is 0.0163. The number of Topliss-reactive ketones (excluding diaryl/α,β-unsaturated/α-hetero) is 1. The highest BCUT2D eigenvalue weighted by atomic mass is 16.2. The van der Waals surface area contributed by atoms with Crippen LogP contribution >= 0.6 is 0 Å². The molecule has 10 nitrogen and oxygen atoms in total. The summed E-state index contributed by atoms with van der Waals surface area (Å²) >= 11 is 0. The van der Waals surface area contributed by atoms with Crippen LogP contribution in [0.3, 0.4) is 0 Å². The maximum atomic E-state index is 13.5. The largest absolute Gasteiger partial charge is 0.367 e. The van der Waals surface area contributed by atoms with Gasteiger partial charge in [-0.15, -0.1) is 0 Å². The molecule has 3 aromatic heterocycles. The molecule has 220 valence electrons. The van der Waals surface area contributed by atoms with E-state index >= 15 is 0 Å². The maximum Gasteiger partial charge on any atom is 0.263 e. The highest BCUT2D eigenvalue weighted by Gasteiger charge is 2.26. The number of piperazine rings is 1. The summed E-state index contributed by atoms with van der Waals surface area (Å²) in [5.41, 5.74) is 3.08. The Balaban J connectivity index is 1.15. The molecule has 1 N–H and O–H groups in total. The monoisotopic (exact) mass is 577 g/mol. The number of nitrogens with one attached hydrogen (secondary N) is 1. The predicted molar refractivity (Wildman–Crippen MR) is 168 cm³/mol. The van der Waals surface area contributed by atoms with Crippen molar-refractivity contribution in [1.29, 1.82) is 0 Å². The number of ketones is 1. The molecule has 4 heterocycles. The standard InChI is InChI=1S/C33H35N7O3/c1-22-27-21-35-33(37-31(27)40(25-10-6-7-11-25)32(43)30(22)23(2)41)36-28-14-13-26(20-34-28)38-16-18-39(19-17-38)29(42)15-12-24-8-4-3-5-9-24/h3-5,8-9,12-15,20-21,25H,6-7,10-11,16-19H2,1-2H3,(H,34,35,36,37)/b15-12+. The van der Waals surface area contributed by atoms with Gasteiger partial charge in [-0.3, -0.25) is 19.0 Å². The Labute approximate surface area is 250 Å². The lowest BCUT2D eigenvalue weighted by atomic mass is 10.0. The third-order valence-electron chi connectivity index (χ3n) is 8.41. The number of aryl methyl sites for hydroxylation is 1. The van der Waals surface area contributed by atoms with Crippen molar-refractivity contribution < 1.29 is 9.59 Å². The van der Waals surface area contributed by atoms with Crippen LogP contribution in [-0.2, 0) is 4.79 Å². The van der Waals surface area contributed by atoms with E-state index in [1.165, 1.54) is 6.92 Å². The van der Waals surface area contributed by atoms with Crippen LogP contribution in [0.4, 0.5) is 17.5 Å². The van der Waals surface area contributed by atoms with E-state index < -0.39 is 0 Å². The highest BCUT2D eigenvalue weighted by molar-refractivity contribution is 5.99. The first-order valence-corrected chi connectivity index (χ1v) is 14.8. The van der Waals surface area contributed by atoms with Crippen LogP contribution in [0.15, 0.2) is 65.7 Å². The van der Waals surface area contributed by atoms with Gasteiger partial charge in [0.05, 0.1) is 17.4 Å². The molecule has 10 heteroatoms. The number of pyridine rings is 2. The lowest BCUT2D eigenvalue weighted by Gasteiger charge is -2.35. The van der Waals surface area contributed by atoms with Crippen LogP contribution in [-0.4, -0.2) is 62.3 Å². The Morgan fingerprint density at radius 1 is 0.953 bits per heavy atom. The Morgan fingerprint density at radius 3 is 2.37 bits per heavy atom. The van der Waals surface area contributed by atoms with Gasteiger partial charge in [-0.1, -0.05) is 43.2 Å². The Morgan fingerprint density at radius 2 is 1.70 bits per heavy atom. The number of anilines is 3. The first kappa shape index (κ1) is 28.3. The molecule has 0 bridgehead atoms. The molecule has 2 aliphatic rings. The van der Waals surface area contributed by atoms with Crippen molar-refractivity contribution in [3.05, 3.63) is 88.0 Å². The number of hydrogen-bond donors (Lipinski definition) is 1. The second kappa shape index (κ2) is 12.2. The third kappa shape index (κ3) is 5.90. The van der Waals surface area contributed by atoms with Gasteiger partial charge in [0.1, 0.15) is 11.5 Å². The molecule has 1 amide bonds. The zero-order chi connectivity index (χ0) is 29.9. The molecule has 4 aromatic rings. The summed E-state index contributed by atoms with van der Waals surface area (Å²) < 4.78 is 1.71. The van der Waals surface area contributed by atoms with Crippen LogP contribution < -0.4 is 15.8 Å². The summed E-state index contributed by atoms with van der Waals surface area (Å²) in [7, 11) is 0. The molecule has 0 radical (unpaired) electrons. The van der Waals surface area contributed by atoms with Crippen molar-refractivity contribution in [2.24, 2.45) is 0 Å². The molecule has 0 unspecified atom stereocenters. The zero-order valence-electron chi connectivity index (χ0n) is 24.5. The number of amides is 1. The van der Waals surface area contributed by atoms with Crippen molar-refractivity contribution >= 4 is 46.3 Å². The van der Waals surface area contributed by atoms with Gasteiger partial charge in [-0.2, -0.15) is 4.98 Å². The lowest BCUT2D eigenvalue weighted by Crippen LogP contribution is -2.48. The smallest absolute Gasteiger partial charge is 0.263 e. The third-order valence-corrected chi connectivity index (χ3v) is 8.41. The number of rotatable bonds is 7. The lowest BCUT2D eigenvalue weighted by molar-refractivity contribution is -0.126. The van der Waals surface area contributed by atoms with E-state index in [0.29, 0.717) is 54.5 Å². The van der Waals surface area contributed by atoms with E-state index in [1.807, 2.05) is 53.4 Å². The van der Waals surface area contributed by atoms with Gasteiger partial charge in [-0.25, -0.2) is 9.97 Å². The molecule has 1 aromatic carbocycles. The molecule has 1 saturated carbocycles. The Bertz CT molecular complexity index is 1730. The average molecular weight is 578 g/mol. The second-order valence-corrected chi connectivity index (χ2v) is 11.2. The van der Waals surface area contributed by atoms with Gasteiger partial charge in [0.2, 0.25) is 11.9 Å². The zero-order valence-corrected chi connectivity index (χ0v) is 24.5. The fourth-order valence-corrected chi connectivity index (χ4v) is 6.09. The molecule has 0 atom stereocenters. The summed E-state index contributed by atoms with van der Waals surface area (Å²) in [5, 5.41) is 3.88. The van der Waals surface area contributed by atoms with Crippen LogP contribution in [0, 0.1) is 6.92 Å². The van der Waals surface area contributed by atoms with Gasteiger partial charge >= 0.3 is 0 Å². The van der Waals surface area contributed by atoms with Crippen molar-refractivity contribution in [2.45, 2.75) is 45.6 Å². The number of fused-ring (bicyclic) bond motifs is 1.